The SMILES string of the molecule is Cc1[nH]n(-c2ccc(C(=O)NC[C@H]3O[C@@H](O[C@H]4[C@H](O)[C@@H](O)C(O)O[C@@H]4CO)[C@H](O)[C@@H](O)[C@H]3O)cc2)c(=O)c1N=Nc1ccccc1. The molecule has 3 heterocycles. The Labute approximate surface area is 260 Å². The largest absolute Gasteiger partial charge is 0.394 e. The van der Waals surface area contributed by atoms with Crippen LogP contribution in [0.2, 0.25) is 0 Å². The van der Waals surface area contributed by atoms with Gasteiger partial charge < -0.3 is 55.3 Å². The van der Waals surface area contributed by atoms with Crippen LogP contribution in [0.4, 0.5) is 11.4 Å². The van der Waals surface area contributed by atoms with Crippen molar-refractivity contribution in [3.05, 3.63) is 76.2 Å². The van der Waals surface area contributed by atoms with Gasteiger partial charge in [-0.05, 0) is 43.3 Å². The first-order chi connectivity index (χ1) is 22.0. The van der Waals surface area contributed by atoms with Gasteiger partial charge in [0.2, 0.25) is 0 Å². The Morgan fingerprint density at radius 2 is 1.59 bits per heavy atom. The number of carbonyl (C=O) groups excluding carboxylic acids is 1. The fourth-order valence-corrected chi connectivity index (χ4v) is 5.08. The molecule has 0 spiro atoms. The summed E-state index contributed by atoms with van der Waals surface area (Å²) in [5.41, 5.74) is 1.34. The van der Waals surface area contributed by atoms with Crippen molar-refractivity contribution in [1.29, 1.82) is 0 Å². The van der Waals surface area contributed by atoms with Gasteiger partial charge in [0, 0.05) is 12.1 Å². The number of nitrogens with zero attached hydrogens (tertiary/aromatic N) is 3. The molecule has 2 saturated heterocycles. The van der Waals surface area contributed by atoms with E-state index in [1.54, 1.807) is 31.2 Å². The molecule has 248 valence electrons. The zero-order valence-corrected chi connectivity index (χ0v) is 24.4. The van der Waals surface area contributed by atoms with Crippen LogP contribution in [-0.4, -0.2) is 126 Å². The number of H-pyrrole nitrogens is 1. The molecule has 2 aromatic carbocycles. The summed E-state index contributed by atoms with van der Waals surface area (Å²) in [5, 5.41) is 84.5. The number of carbonyl (C=O) groups is 1. The number of aliphatic hydroxyl groups is 7. The normalized spacial score (nSPS) is 31.7. The molecule has 17 heteroatoms. The lowest BCUT2D eigenvalue weighted by molar-refractivity contribution is -0.352. The Hall–Kier alpha value is -3.88. The lowest BCUT2D eigenvalue weighted by atomic mass is 9.97. The van der Waals surface area contributed by atoms with Crippen molar-refractivity contribution in [2.75, 3.05) is 13.2 Å². The Kier molecular flexibility index (Phi) is 10.4. The zero-order valence-electron chi connectivity index (χ0n) is 24.4. The van der Waals surface area contributed by atoms with E-state index in [-0.39, 0.29) is 17.8 Å². The van der Waals surface area contributed by atoms with Crippen LogP contribution in [0.3, 0.4) is 0 Å². The molecule has 0 bridgehead atoms. The molecule has 2 aliphatic heterocycles. The van der Waals surface area contributed by atoms with Crippen molar-refractivity contribution in [3.8, 4) is 5.69 Å². The Morgan fingerprint density at radius 1 is 0.891 bits per heavy atom. The second-order valence-electron chi connectivity index (χ2n) is 10.9. The highest BCUT2D eigenvalue weighted by Gasteiger charge is 2.50. The van der Waals surface area contributed by atoms with Crippen LogP contribution in [-0.2, 0) is 14.2 Å². The standard InChI is InChI=1S/C29H35N5O12/c1-13-19(32-31-15-5-3-2-4-6-15)27(42)34(33-13)16-9-7-14(8-10-16)26(41)30-11-17-20(36)21(37)24(40)29(45-17)46-25-18(12-35)44-28(43)23(39)22(25)38/h2-10,17-18,20-25,28-29,33,35-40,43H,11-12H2,1H3,(H,30,41)/t17-,18-,20+,21+,22-,23-,24-,25-,28?,29+/m1/s1. The highest BCUT2D eigenvalue weighted by atomic mass is 16.7. The molecule has 2 fully saturated rings. The van der Waals surface area contributed by atoms with E-state index in [1.165, 1.54) is 28.9 Å². The van der Waals surface area contributed by atoms with Crippen molar-refractivity contribution in [2.24, 2.45) is 10.2 Å². The van der Waals surface area contributed by atoms with Crippen molar-refractivity contribution < 1.29 is 54.8 Å². The van der Waals surface area contributed by atoms with Gasteiger partial charge in [-0.2, -0.15) is 5.11 Å². The molecule has 0 radical (unpaired) electrons. The summed E-state index contributed by atoms with van der Waals surface area (Å²) in [6.07, 6.45) is -16.5. The topological polar surface area (TPSA) is 261 Å². The lowest BCUT2D eigenvalue weighted by Crippen LogP contribution is -2.65. The van der Waals surface area contributed by atoms with Crippen LogP contribution in [0.15, 0.2) is 69.6 Å². The molecular weight excluding hydrogens is 610 g/mol. The second-order valence-corrected chi connectivity index (χ2v) is 10.9. The molecule has 17 nitrogen and oxygen atoms in total. The van der Waals surface area contributed by atoms with E-state index in [4.69, 9.17) is 14.2 Å². The minimum atomic E-state index is -1.83. The number of benzene rings is 2. The highest BCUT2D eigenvalue weighted by Crippen LogP contribution is 2.28. The predicted molar refractivity (Wildman–Crippen MR) is 156 cm³/mol. The molecule has 1 unspecified atom stereocenters. The van der Waals surface area contributed by atoms with E-state index in [1.807, 2.05) is 6.07 Å². The summed E-state index contributed by atoms with van der Waals surface area (Å²) < 4.78 is 17.4. The fraction of sp³-hybridized carbons (Fsp3) is 0.448. The number of rotatable bonds is 9. The average Bonchev–Trinajstić information content (AvgIpc) is 3.35. The van der Waals surface area contributed by atoms with Gasteiger partial charge in [-0.25, -0.2) is 4.68 Å². The third-order valence-electron chi connectivity index (χ3n) is 7.71. The van der Waals surface area contributed by atoms with Gasteiger partial charge in [0.15, 0.2) is 18.3 Å². The van der Waals surface area contributed by atoms with E-state index in [9.17, 15) is 45.3 Å². The van der Waals surface area contributed by atoms with E-state index in [0.29, 0.717) is 17.1 Å². The first-order valence-corrected chi connectivity index (χ1v) is 14.3. The van der Waals surface area contributed by atoms with Crippen LogP contribution in [0.25, 0.3) is 5.69 Å². The number of aromatic amines is 1. The van der Waals surface area contributed by atoms with Crippen molar-refractivity contribution >= 4 is 17.3 Å². The van der Waals surface area contributed by atoms with Crippen LogP contribution < -0.4 is 10.9 Å². The molecule has 46 heavy (non-hydrogen) atoms. The average molecular weight is 646 g/mol. The number of aromatic nitrogens is 2. The van der Waals surface area contributed by atoms with Crippen LogP contribution in [0.1, 0.15) is 16.1 Å². The van der Waals surface area contributed by atoms with Crippen molar-refractivity contribution in [2.45, 2.75) is 68.3 Å². The van der Waals surface area contributed by atoms with E-state index in [2.05, 4.69) is 20.6 Å². The van der Waals surface area contributed by atoms with Gasteiger partial charge in [0.05, 0.1) is 23.7 Å². The number of hydrogen-bond acceptors (Lipinski definition) is 14. The number of hydrogen-bond donors (Lipinski definition) is 9. The van der Waals surface area contributed by atoms with Crippen LogP contribution in [0.5, 0.6) is 0 Å². The maximum Gasteiger partial charge on any atom is 0.299 e. The zero-order chi connectivity index (χ0) is 33.1. The summed E-state index contributed by atoms with van der Waals surface area (Å²) in [5.74, 6) is -0.596. The molecule has 5 rings (SSSR count). The third kappa shape index (κ3) is 6.93. The summed E-state index contributed by atoms with van der Waals surface area (Å²) >= 11 is 0. The minimum Gasteiger partial charge on any atom is -0.394 e. The van der Waals surface area contributed by atoms with Gasteiger partial charge in [-0.15, -0.1) is 5.11 Å². The molecule has 10 atom stereocenters. The fourth-order valence-electron chi connectivity index (χ4n) is 5.08. The summed E-state index contributed by atoms with van der Waals surface area (Å²) in [6.45, 7) is 0.581. The second kappa shape index (κ2) is 14.3. The van der Waals surface area contributed by atoms with Crippen molar-refractivity contribution in [3.63, 3.8) is 0 Å². The summed E-state index contributed by atoms with van der Waals surface area (Å²) in [7, 11) is 0. The number of aliphatic hydroxyl groups excluding tert-OH is 7. The molecular formula is C29H35N5O12. The quantitative estimate of drug-likeness (QED) is 0.117. The smallest absolute Gasteiger partial charge is 0.299 e. The first kappa shape index (κ1) is 33.5. The molecule has 0 saturated carbocycles. The summed E-state index contributed by atoms with van der Waals surface area (Å²) in [6, 6.07) is 14.9. The Balaban J connectivity index is 1.22. The maximum absolute atomic E-state index is 13.0. The Bertz CT molecular complexity index is 1560. The number of ether oxygens (including phenoxy) is 3. The van der Waals surface area contributed by atoms with Gasteiger partial charge in [0.1, 0.15) is 48.8 Å². The van der Waals surface area contributed by atoms with E-state index < -0.39 is 79.5 Å². The number of nitrogens with one attached hydrogen (secondary N) is 2. The molecule has 1 amide bonds. The maximum atomic E-state index is 13.0. The van der Waals surface area contributed by atoms with Crippen LogP contribution >= 0.6 is 0 Å². The van der Waals surface area contributed by atoms with Gasteiger partial charge in [0.25, 0.3) is 11.5 Å². The van der Waals surface area contributed by atoms with Crippen molar-refractivity contribution in [1.82, 2.24) is 15.1 Å². The third-order valence-corrected chi connectivity index (χ3v) is 7.71. The highest BCUT2D eigenvalue weighted by molar-refractivity contribution is 5.94. The van der Waals surface area contributed by atoms with E-state index in [0.717, 1.165) is 0 Å². The number of azo groups is 1. The lowest BCUT2D eigenvalue weighted by Gasteiger charge is -2.45. The minimum absolute atomic E-state index is 0.123. The number of aryl methyl sites for hydroxylation is 1. The predicted octanol–water partition coefficient (Wildman–Crippen LogP) is -1.76. The van der Waals surface area contributed by atoms with Gasteiger partial charge in [-0.3, -0.25) is 14.7 Å². The molecule has 0 aliphatic carbocycles. The van der Waals surface area contributed by atoms with Gasteiger partial charge in [-0.1, -0.05) is 18.2 Å². The molecule has 3 aromatic rings. The molecule has 2 aliphatic rings. The number of amides is 1. The van der Waals surface area contributed by atoms with Crippen LogP contribution in [0, 0.1) is 6.92 Å². The molecule has 1 aromatic heterocycles. The first-order valence-electron chi connectivity index (χ1n) is 14.3. The summed E-state index contributed by atoms with van der Waals surface area (Å²) in [4.78, 5) is 25.9. The Morgan fingerprint density at radius 3 is 2.26 bits per heavy atom. The van der Waals surface area contributed by atoms with E-state index >= 15 is 0 Å². The monoisotopic (exact) mass is 645 g/mol. The molecule has 9 N–H and O–H groups in total. The van der Waals surface area contributed by atoms with Gasteiger partial charge >= 0.3 is 0 Å².